The van der Waals surface area contributed by atoms with Crippen LogP contribution in [0.5, 0.6) is 0 Å². The van der Waals surface area contributed by atoms with Gasteiger partial charge in [-0.25, -0.2) is 4.68 Å². The molecule has 0 saturated carbocycles. The molecule has 1 heterocycles. The highest BCUT2D eigenvalue weighted by molar-refractivity contribution is 5.93. The molecule has 1 aromatic heterocycles. The van der Waals surface area contributed by atoms with Gasteiger partial charge in [-0.2, -0.15) is 5.10 Å². The number of hydrogen-bond acceptors (Lipinski definition) is 2. The number of rotatable bonds is 6. The summed E-state index contributed by atoms with van der Waals surface area (Å²) in [5.41, 5.74) is 3.56. The molecule has 1 N–H and O–H groups in total. The Balaban J connectivity index is 1.67. The lowest BCUT2D eigenvalue weighted by Gasteiger charge is -2.14. The van der Waals surface area contributed by atoms with Crippen molar-refractivity contribution in [1.82, 2.24) is 15.1 Å². The van der Waals surface area contributed by atoms with Crippen molar-refractivity contribution in [3.63, 3.8) is 0 Å². The number of hydrogen-bond donors (Lipinski definition) is 1. The Kier molecular flexibility index (Phi) is 5.29. The summed E-state index contributed by atoms with van der Waals surface area (Å²) in [4.78, 5) is 12.7. The molecule has 0 aliphatic rings. The molecular weight excluding hydrogens is 310 g/mol. The van der Waals surface area contributed by atoms with Crippen molar-refractivity contribution >= 4 is 5.91 Å². The standard InChI is InChI=1S/C21H23N3O/c1-16(13-14-18-9-5-3-6-10-18)22-21(25)20-15-17(2)23-24(20)19-11-7-4-8-12-19/h3-12,15-16H,13-14H2,1-2H3,(H,22,25)/t16-/m1/s1. The first-order valence-electron chi connectivity index (χ1n) is 8.60. The van der Waals surface area contributed by atoms with Crippen molar-refractivity contribution in [1.29, 1.82) is 0 Å². The number of carbonyl (C=O) groups is 1. The zero-order chi connectivity index (χ0) is 17.6. The van der Waals surface area contributed by atoms with Gasteiger partial charge in [0, 0.05) is 6.04 Å². The average molecular weight is 333 g/mol. The van der Waals surface area contributed by atoms with Gasteiger partial charge in [-0.15, -0.1) is 0 Å². The minimum absolute atomic E-state index is 0.0899. The third kappa shape index (κ3) is 4.35. The van der Waals surface area contributed by atoms with Crippen LogP contribution in [-0.2, 0) is 6.42 Å². The van der Waals surface area contributed by atoms with Crippen molar-refractivity contribution in [3.05, 3.63) is 83.7 Å². The topological polar surface area (TPSA) is 46.9 Å². The van der Waals surface area contributed by atoms with Crippen LogP contribution in [0.25, 0.3) is 5.69 Å². The summed E-state index contributed by atoms with van der Waals surface area (Å²) < 4.78 is 1.70. The van der Waals surface area contributed by atoms with Gasteiger partial charge in [-0.3, -0.25) is 4.79 Å². The number of nitrogens with one attached hydrogen (secondary N) is 1. The first-order chi connectivity index (χ1) is 12.1. The fraction of sp³-hybridized carbons (Fsp3) is 0.238. The average Bonchev–Trinajstić information content (AvgIpc) is 3.04. The van der Waals surface area contributed by atoms with Crippen LogP contribution in [0, 0.1) is 6.92 Å². The Morgan fingerprint density at radius 1 is 1.08 bits per heavy atom. The SMILES string of the molecule is Cc1cc(C(=O)N[C@H](C)CCc2ccccc2)n(-c2ccccc2)n1. The molecular formula is C21H23N3O. The third-order valence-corrected chi connectivity index (χ3v) is 4.15. The fourth-order valence-corrected chi connectivity index (χ4v) is 2.82. The van der Waals surface area contributed by atoms with E-state index in [1.807, 2.05) is 68.4 Å². The van der Waals surface area contributed by atoms with Crippen molar-refractivity contribution in [2.24, 2.45) is 0 Å². The number of aromatic nitrogens is 2. The van der Waals surface area contributed by atoms with Crippen LogP contribution in [0.3, 0.4) is 0 Å². The molecule has 1 amide bonds. The van der Waals surface area contributed by atoms with E-state index in [4.69, 9.17) is 0 Å². The number of nitrogens with zero attached hydrogens (tertiary/aromatic N) is 2. The number of para-hydroxylation sites is 1. The van der Waals surface area contributed by atoms with Gasteiger partial charge in [0.25, 0.3) is 5.91 Å². The summed E-state index contributed by atoms with van der Waals surface area (Å²) in [7, 11) is 0. The third-order valence-electron chi connectivity index (χ3n) is 4.15. The Morgan fingerprint density at radius 3 is 2.40 bits per heavy atom. The molecule has 128 valence electrons. The van der Waals surface area contributed by atoms with E-state index in [9.17, 15) is 4.79 Å². The minimum Gasteiger partial charge on any atom is -0.348 e. The summed E-state index contributed by atoms with van der Waals surface area (Å²) in [5.74, 6) is -0.0926. The second kappa shape index (κ2) is 7.79. The monoisotopic (exact) mass is 333 g/mol. The van der Waals surface area contributed by atoms with Gasteiger partial charge >= 0.3 is 0 Å². The van der Waals surface area contributed by atoms with Crippen molar-refractivity contribution < 1.29 is 4.79 Å². The van der Waals surface area contributed by atoms with E-state index in [0.29, 0.717) is 5.69 Å². The second-order valence-electron chi connectivity index (χ2n) is 6.32. The molecule has 0 bridgehead atoms. The van der Waals surface area contributed by atoms with Crippen LogP contribution < -0.4 is 5.32 Å². The molecule has 0 radical (unpaired) electrons. The smallest absolute Gasteiger partial charge is 0.270 e. The number of amides is 1. The largest absolute Gasteiger partial charge is 0.348 e. The predicted octanol–water partition coefficient (Wildman–Crippen LogP) is 3.93. The summed E-state index contributed by atoms with van der Waals surface area (Å²) in [5, 5.41) is 7.55. The molecule has 0 aliphatic heterocycles. The molecule has 2 aromatic carbocycles. The van der Waals surface area contributed by atoms with E-state index in [0.717, 1.165) is 24.2 Å². The predicted molar refractivity (Wildman–Crippen MR) is 100.0 cm³/mol. The van der Waals surface area contributed by atoms with Gasteiger partial charge in [0.2, 0.25) is 0 Å². The second-order valence-corrected chi connectivity index (χ2v) is 6.32. The molecule has 0 saturated heterocycles. The molecule has 25 heavy (non-hydrogen) atoms. The molecule has 0 spiro atoms. The van der Waals surface area contributed by atoms with Crippen molar-refractivity contribution in [2.45, 2.75) is 32.7 Å². The van der Waals surface area contributed by atoms with Gasteiger partial charge < -0.3 is 5.32 Å². The van der Waals surface area contributed by atoms with Gasteiger partial charge in [0.1, 0.15) is 5.69 Å². The van der Waals surface area contributed by atoms with Crippen LogP contribution in [-0.4, -0.2) is 21.7 Å². The van der Waals surface area contributed by atoms with E-state index in [1.54, 1.807) is 4.68 Å². The first-order valence-corrected chi connectivity index (χ1v) is 8.60. The van der Waals surface area contributed by atoms with E-state index in [2.05, 4.69) is 22.5 Å². The van der Waals surface area contributed by atoms with Crippen LogP contribution in [0.1, 0.15) is 35.1 Å². The van der Waals surface area contributed by atoms with Gasteiger partial charge in [-0.05, 0) is 50.5 Å². The maximum atomic E-state index is 12.7. The van der Waals surface area contributed by atoms with Crippen LogP contribution >= 0.6 is 0 Å². The lowest BCUT2D eigenvalue weighted by Crippen LogP contribution is -2.34. The normalized spacial score (nSPS) is 11.9. The maximum absolute atomic E-state index is 12.7. The molecule has 1 atom stereocenters. The molecule has 3 rings (SSSR count). The zero-order valence-corrected chi connectivity index (χ0v) is 14.6. The molecule has 0 unspecified atom stereocenters. The van der Waals surface area contributed by atoms with Gasteiger partial charge in [0.15, 0.2) is 0 Å². The molecule has 0 aliphatic carbocycles. The van der Waals surface area contributed by atoms with E-state index in [-0.39, 0.29) is 11.9 Å². The summed E-state index contributed by atoms with van der Waals surface area (Å²) in [6.45, 7) is 3.94. The summed E-state index contributed by atoms with van der Waals surface area (Å²) in [6.07, 6.45) is 1.84. The van der Waals surface area contributed by atoms with Gasteiger partial charge in [-0.1, -0.05) is 48.5 Å². The van der Waals surface area contributed by atoms with Crippen LogP contribution in [0.15, 0.2) is 66.7 Å². The fourth-order valence-electron chi connectivity index (χ4n) is 2.82. The Hall–Kier alpha value is -2.88. The minimum atomic E-state index is -0.0926. The van der Waals surface area contributed by atoms with Crippen molar-refractivity contribution in [2.75, 3.05) is 0 Å². The Bertz CT molecular complexity index is 825. The lowest BCUT2D eigenvalue weighted by atomic mass is 10.1. The first kappa shape index (κ1) is 17.0. The maximum Gasteiger partial charge on any atom is 0.270 e. The lowest BCUT2D eigenvalue weighted by molar-refractivity contribution is 0.0930. The highest BCUT2D eigenvalue weighted by atomic mass is 16.2. The van der Waals surface area contributed by atoms with E-state index >= 15 is 0 Å². The Morgan fingerprint density at radius 2 is 1.72 bits per heavy atom. The summed E-state index contributed by atoms with van der Waals surface area (Å²) >= 11 is 0. The number of aryl methyl sites for hydroxylation is 2. The molecule has 3 aromatic rings. The zero-order valence-electron chi connectivity index (χ0n) is 14.6. The number of benzene rings is 2. The highest BCUT2D eigenvalue weighted by Gasteiger charge is 2.17. The van der Waals surface area contributed by atoms with Crippen LogP contribution in [0.2, 0.25) is 0 Å². The molecule has 0 fully saturated rings. The summed E-state index contributed by atoms with van der Waals surface area (Å²) in [6, 6.07) is 22.0. The molecule has 4 nitrogen and oxygen atoms in total. The van der Waals surface area contributed by atoms with Crippen molar-refractivity contribution in [3.8, 4) is 5.69 Å². The van der Waals surface area contributed by atoms with Gasteiger partial charge in [0.05, 0.1) is 11.4 Å². The van der Waals surface area contributed by atoms with E-state index < -0.39 is 0 Å². The highest BCUT2D eigenvalue weighted by Crippen LogP contribution is 2.13. The molecule has 4 heteroatoms. The number of carbonyl (C=O) groups excluding carboxylic acids is 1. The van der Waals surface area contributed by atoms with Crippen LogP contribution in [0.4, 0.5) is 0 Å². The quantitative estimate of drug-likeness (QED) is 0.743. The van der Waals surface area contributed by atoms with E-state index in [1.165, 1.54) is 5.56 Å². The Labute approximate surface area is 148 Å².